The third-order valence-corrected chi connectivity index (χ3v) is 3.73. The average molecular weight is 362 g/mol. The van der Waals surface area contributed by atoms with E-state index in [4.69, 9.17) is 21.1 Å². The van der Waals surface area contributed by atoms with Gasteiger partial charge in [0.1, 0.15) is 5.75 Å². The predicted octanol–water partition coefficient (Wildman–Crippen LogP) is 3.77. The first-order valence-corrected chi connectivity index (χ1v) is 8.32. The highest BCUT2D eigenvalue weighted by atomic mass is 35.5. The molecule has 1 amide bonds. The highest BCUT2D eigenvalue weighted by molar-refractivity contribution is 6.30. The zero-order valence-corrected chi connectivity index (χ0v) is 14.9. The van der Waals surface area contributed by atoms with Gasteiger partial charge in [-0.2, -0.15) is 0 Å². The fourth-order valence-corrected chi connectivity index (χ4v) is 2.31. The van der Waals surface area contributed by atoms with Gasteiger partial charge in [-0.25, -0.2) is 4.79 Å². The van der Waals surface area contributed by atoms with Gasteiger partial charge < -0.3 is 14.8 Å². The smallest absolute Gasteiger partial charge is 0.338 e. The molecule has 0 spiro atoms. The van der Waals surface area contributed by atoms with Crippen LogP contribution in [0.2, 0.25) is 5.02 Å². The van der Waals surface area contributed by atoms with Crippen molar-refractivity contribution in [3.8, 4) is 5.75 Å². The molecule has 2 aromatic rings. The van der Waals surface area contributed by atoms with Gasteiger partial charge in [-0.3, -0.25) is 4.79 Å². The number of halogens is 1. The number of rotatable bonds is 7. The minimum absolute atomic E-state index is 0.214. The molecule has 0 aliphatic carbocycles. The molecular formula is C19H20ClNO4. The average Bonchev–Trinajstić information content (AvgIpc) is 2.61. The molecular weight excluding hydrogens is 342 g/mol. The molecule has 0 aliphatic rings. The fraction of sp³-hybridized carbons (Fsp3) is 0.263. The van der Waals surface area contributed by atoms with Gasteiger partial charge in [0, 0.05) is 5.02 Å². The fourth-order valence-electron chi connectivity index (χ4n) is 2.19. The van der Waals surface area contributed by atoms with Crippen molar-refractivity contribution in [2.75, 3.05) is 13.2 Å². The van der Waals surface area contributed by atoms with Gasteiger partial charge in [-0.05, 0) is 55.8 Å². The van der Waals surface area contributed by atoms with Crippen LogP contribution in [0.25, 0.3) is 0 Å². The molecule has 0 saturated heterocycles. The second-order valence-corrected chi connectivity index (χ2v) is 5.81. The van der Waals surface area contributed by atoms with Crippen molar-refractivity contribution in [3.63, 3.8) is 0 Å². The number of benzene rings is 2. The van der Waals surface area contributed by atoms with Crippen molar-refractivity contribution in [2.45, 2.75) is 19.9 Å². The van der Waals surface area contributed by atoms with E-state index in [0.29, 0.717) is 22.9 Å². The summed E-state index contributed by atoms with van der Waals surface area (Å²) in [5.74, 6) is -0.257. The Bertz CT molecular complexity index is 713. The summed E-state index contributed by atoms with van der Waals surface area (Å²) in [7, 11) is 0. The first-order valence-electron chi connectivity index (χ1n) is 7.94. The maximum absolute atomic E-state index is 12.0. The molecule has 0 saturated carbocycles. The lowest BCUT2D eigenvalue weighted by molar-refractivity contribution is -0.124. The van der Waals surface area contributed by atoms with Crippen LogP contribution in [0.5, 0.6) is 5.75 Å². The normalized spacial score (nSPS) is 11.5. The van der Waals surface area contributed by atoms with Gasteiger partial charge in [0.25, 0.3) is 5.91 Å². The predicted molar refractivity (Wildman–Crippen MR) is 95.9 cm³/mol. The molecule has 0 radical (unpaired) electrons. The van der Waals surface area contributed by atoms with E-state index < -0.39 is 5.97 Å². The van der Waals surface area contributed by atoms with Crippen molar-refractivity contribution in [1.29, 1.82) is 0 Å². The quantitative estimate of drug-likeness (QED) is 0.762. The van der Waals surface area contributed by atoms with Crippen LogP contribution in [0.4, 0.5) is 0 Å². The largest absolute Gasteiger partial charge is 0.494 e. The highest BCUT2D eigenvalue weighted by Gasteiger charge is 2.13. The third kappa shape index (κ3) is 5.80. The monoisotopic (exact) mass is 361 g/mol. The second-order valence-electron chi connectivity index (χ2n) is 5.37. The van der Waals surface area contributed by atoms with E-state index in [2.05, 4.69) is 5.32 Å². The Kier molecular flexibility index (Phi) is 6.83. The highest BCUT2D eigenvalue weighted by Crippen LogP contribution is 2.16. The number of esters is 1. The topological polar surface area (TPSA) is 64.6 Å². The summed E-state index contributed by atoms with van der Waals surface area (Å²) in [5.41, 5.74) is 1.28. The van der Waals surface area contributed by atoms with Gasteiger partial charge in [0.05, 0.1) is 18.2 Å². The minimum atomic E-state index is -0.558. The van der Waals surface area contributed by atoms with Gasteiger partial charge in [0.15, 0.2) is 6.61 Å². The SMILES string of the molecule is CCOc1ccc(C(=O)OCC(=O)N[C@@H](C)c2ccc(Cl)cc2)cc1. The Labute approximate surface area is 151 Å². The lowest BCUT2D eigenvalue weighted by Crippen LogP contribution is -2.31. The Morgan fingerprint density at radius 2 is 1.72 bits per heavy atom. The standard InChI is InChI=1S/C19H20ClNO4/c1-3-24-17-10-6-15(7-11-17)19(23)25-12-18(22)21-13(2)14-4-8-16(20)9-5-14/h4-11,13H,3,12H2,1-2H3,(H,21,22)/t13-/m0/s1. The minimum Gasteiger partial charge on any atom is -0.494 e. The molecule has 0 fully saturated rings. The van der Waals surface area contributed by atoms with E-state index in [1.807, 2.05) is 26.0 Å². The van der Waals surface area contributed by atoms with E-state index >= 15 is 0 Å². The summed E-state index contributed by atoms with van der Waals surface area (Å²) in [4.78, 5) is 23.9. The van der Waals surface area contributed by atoms with Crippen LogP contribution in [-0.2, 0) is 9.53 Å². The lowest BCUT2D eigenvalue weighted by atomic mass is 10.1. The maximum Gasteiger partial charge on any atom is 0.338 e. The molecule has 0 aliphatic heterocycles. The van der Waals surface area contributed by atoms with Crippen LogP contribution in [0.3, 0.4) is 0 Å². The third-order valence-electron chi connectivity index (χ3n) is 3.48. The number of ether oxygens (including phenoxy) is 2. The molecule has 1 atom stereocenters. The molecule has 2 rings (SSSR count). The van der Waals surface area contributed by atoms with E-state index in [0.717, 1.165) is 5.56 Å². The van der Waals surface area contributed by atoms with Gasteiger partial charge in [-0.1, -0.05) is 23.7 Å². The van der Waals surface area contributed by atoms with E-state index in [-0.39, 0.29) is 18.6 Å². The van der Waals surface area contributed by atoms with Crippen molar-refractivity contribution >= 4 is 23.5 Å². The molecule has 0 heterocycles. The molecule has 2 aromatic carbocycles. The Hall–Kier alpha value is -2.53. The Morgan fingerprint density at radius 3 is 2.32 bits per heavy atom. The van der Waals surface area contributed by atoms with E-state index in [1.165, 1.54) is 0 Å². The molecule has 5 nitrogen and oxygen atoms in total. The van der Waals surface area contributed by atoms with Crippen molar-refractivity contribution < 1.29 is 19.1 Å². The summed E-state index contributed by atoms with van der Waals surface area (Å²) < 4.78 is 10.3. The second kappa shape index (κ2) is 9.08. The van der Waals surface area contributed by atoms with Crippen molar-refractivity contribution in [2.24, 2.45) is 0 Å². The zero-order valence-electron chi connectivity index (χ0n) is 14.1. The van der Waals surface area contributed by atoms with Crippen LogP contribution in [0.15, 0.2) is 48.5 Å². The molecule has 6 heteroatoms. The summed E-state index contributed by atoms with van der Waals surface area (Å²) in [6, 6.07) is 13.5. The summed E-state index contributed by atoms with van der Waals surface area (Å²) in [6.45, 7) is 3.93. The Balaban J connectivity index is 1.82. The van der Waals surface area contributed by atoms with Gasteiger partial charge >= 0.3 is 5.97 Å². The number of hydrogen-bond donors (Lipinski definition) is 1. The molecule has 0 unspecified atom stereocenters. The lowest BCUT2D eigenvalue weighted by Gasteiger charge is -2.14. The van der Waals surface area contributed by atoms with Crippen LogP contribution < -0.4 is 10.1 Å². The number of hydrogen-bond acceptors (Lipinski definition) is 4. The van der Waals surface area contributed by atoms with E-state index in [1.54, 1.807) is 36.4 Å². The maximum atomic E-state index is 12.0. The molecule has 0 bridgehead atoms. The number of amides is 1. The van der Waals surface area contributed by atoms with Crippen LogP contribution >= 0.6 is 11.6 Å². The molecule has 1 N–H and O–H groups in total. The zero-order chi connectivity index (χ0) is 18.2. The first kappa shape index (κ1) is 18.8. The van der Waals surface area contributed by atoms with E-state index in [9.17, 15) is 9.59 Å². The van der Waals surface area contributed by atoms with Crippen molar-refractivity contribution in [1.82, 2.24) is 5.32 Å². The molecule has 132 valence electrons. The summed E-state index contributed by atoms with van der Waals surface area (Å²) in [6.07, 6.45) is 0. The molecule has 0 aromatic heterocycles. The van der Waals surface area contributed by atoms with Crippen LogP contribution in [0.1, 0.15) is 35.8 Å². The van der Waals surface area contributed by atoms with Crippen LogP contribution in [0, 0.1) is 0 Å². The number of carbonyl (C=O) groups is 2. The van der Waals surface area contributed by atoms with Crippen LogP contribution in [-0.4, -0.2) is 25.1 Å². The van der Waals surface area contributed by atoms with Gasteiger partial charge in [0.2, 0.25) is 0 Å². The number of carbonyl (C=O) groups excluding carboxylic acids is 2. The first-order chi connectivity index (χ1) is 12.0. The molecule has 25 heavy (non-hydrogen) atoms. The van der Waals surface area contributed by atoms with Gasteiger partial charge in [-0.15, -0.1) is 0 Å². The number of nitrogens with one attached hydrogen (secondary N) is 1. The van der Waals surface area contributed by atoms with Crippen molar-refractivity contribution in [3.05, 3.63) is 64.7 Å². The summed E-state index contributed by atoms with van der Waals surface area (Å²) >= 11 is 5.84. The summed E-state index contributed by atoms with van der Waals surface area (Å²) in [5, 5.41) is 3.40. The Morgan fingerprint density at radius 1 is 1.08 bits per heavy atom.